The number of imidazole rings is 1. The summed E-state index contributed by atoms with van der Waals surface area (Å²) in [6.07, 6.45) is 4.18. The summed E-state index contributed by atoms with van der Waals surface area (Å²) in [6.45, 7) is 2.55. The fraction of sp³-hybridized carbons (Fsp3) is 0.238. The van der Waals surface area contributed by atoms with Gasteiger partial charge in [-0.1, -0.05) is 0 Å². The van der Waals surface area contributed by atoms with Crippen LogP contribution in [0.15, 0.2) is 52.8 Å². The van der Waals surface area contributed by atoms with Crippen molar-refractivity contribution >= 4 is 22.4 Å². The normalized spacial score (nSPS) is 14.0. The molecule has 0 aliphatic heterocycles. The van der Waals surface area contributed by atoms with Gasteiger partial charge in [-0.15, -0.1) is 11.3 Å². The van der Waals surface area contributed by atoms with Crippen LogP contribution in [0.25, 0.3) is 16.7 Å². The molecular weight excluding hydrogens is 358 g/mol. The van der Waals surface area contributed by atoms with Gasteiger partial charge < -0.3 is 9.72 Å². The van der Waals surface area contributed by atoms with Crippen molar-refractivity contribution in [2.75, 3.05) is 0 Å². The lowest BCUT2D eigenvalue weighted by atomic mass is 10.2. The molecule has 136 valence electrons. The second-order valence-electron chi connectivity index (χ2n) is 6.96. The second kappa shape index (κ2) is 6.39. The minimum absolute atomic E-state index is 0.115. The molecule has 0 saturated heterocycles. The predicted molar refractivity (Wildman–Crippen MR) is 107 cm³/mol. The Labute approximate surface area is 160 Å². The number of pyridine rings is 1. The molecule has 4 aromatic rings. The summed E-state index contributed by atoms with van der Waals surface area (Å²) < 4.78 is 7.41. The molecule has 0 amide bonds. The molecule has 0 bridgehead atoms. The van der Waals surface area contributed by atoms with Crippen molar-refractivity contribution in [3.8, 4) is 11.4 Å². The van der Waals surface area contributed by atoms with Gasteiger partial charge in [0.1, 0.15) is 18.2 Å². The molecule has 0 atom stereocenters. The van der Waals surface area contributed by atoms with Crippen molar-refractivity contribution < 1.29 is 4.74 Å². The Morgan fingerprint density at radius 3 is 2.89 bits per heavy atom. The zero-order valence-corrected chi connectivity index (χ0v) is 15.8. The average Bonchev–Trinajstić information content (AvgIpc) is 3.30. The van der Waals surface area contributed by atoms with Gasteiger partial charge in [-0.25, -0.2) is 4.98 Å². The summed E-state index contributed by atoms with van der Waals surface area (Å²) in [5.41, 5.74) is 3.77. The lowest BCUT2D eigenvalue weighted by molar-refractivity contribution is 0.305. The first-order valence-corrected chi connectivity index (χ1v) is 9.94. The van der Waals surface area contributed by atoms with Gasteiger partial charge in [0.05, 0.1) is 16.7 Å². The summed E-state index contributed by atoms with van der Waals surface area (Å²) in [6, 6.07) is 11.3. The van der Waals surface area contributed by atoms with Crippen molar-refractivity contribution in [1.29, 1.82) is 0 Å². The van der Waals surface area contributed by atoms with E-state index in [2.05, 4.69) is 23.0 Å². The van der Waals surface area contributed by atoms with E-state index in [0.29, 0.717) is 18.3 Å². The summed E-state index contributed by atoms with van der Waals surface area (Å²) in [5, 5.41) is 2.05. The minimum Gasteiger partial charge on any atom is -0.489 e. The summed E-state index contributed by atoms with van der Waals surface area (Å²) in [4.78, 5) is 21.9. The molecule has 5 nitrogen and oxygen atoms in total. The van der Waals surface area contributed by atoms with Gasteiger partial charge in [0.25, 0.3) is 5.56 Å². The van der Waals surface area contributed by atoms with Gasteiger partial charge in [0.15, 0.2) is 0 Å². The van der Waals surface area contributed by atoms with E-state index in [-0.39, 0.29) is 5.56 Å². The van der Waals surface area contributed by atoms with E-state index in [9.17, 15) is 4.79 Å². The fourth-order valence-electron chi connectivity index (χ4n) is 3.20. The van der Waals surface area contributed by atoms with E-state index in [0.717, 1.165) is 28.1 Å². The predicted octanol–water partition coefficient (Wildman–Crippen LogP) is 4.54. The Morgan fingerprint density at radius 1 is 1.26 bits per heavy atom. The number of ether oxygens (including phenoxy) is 1. The first-order chi connectivity index (χ1) is 13.2. The first-order valence-electron chi connectivity index (χ1n) is 9.06. The van der Waals surface area contributed by atoms with E-state index in [1.54, 1.807) is 22.1 Å². The molecule has 1 N–H and O–H groups in total. The lowest BCUT2D eigenvalue weighted by Crippen LogP contribution is -2.16. The van der Waals surface area contributed by atoms with Gasteiger partial charge in [-0.3, -0.25) is 9.36 Å². The van der Waals surface area contributed by atoms with Gasteiger partial charge >= 0.3 is 0 Å². The van der Waals surface area contributed by atoms with E-state index < -0.39 is 0 Å². The Morgan fingerprint density at radius 2 is 2.15 bits per heavy atom. The monoisotopic (exact) mass is 377 g/mol. The first kappa shape index (κ1) is 16.3. The van der Waals surface area contributed by atoms with Gasteiger partial charge in [-0.2, -0.15) is 0 Å². The van der Waals surface area contributed by atoms with Crippen LogP contribution in [0.2, 0.25) is 0 Å². The summed E-state index contributed by atoms with van der Waals surface area (Å²) in [7, 11) is 0. The maximum absolute atomic E-state index is 12.6. The molecule has 1 aromatic carbocycles. The minimum atomic E-state index is -0.115. The third-order valence-electron chi connectivity index (χ3n) is 4.98. The van der Waals surface area contributed by atoms with Crippen molar-refractivity contribution in [2.24, 2.45) is 0 Å². The van der Waals surface area contributed by atoms with Crippen molar-refractivity contribution in [1.82, 2.24) is 14.5 Å². The number of hydrogen-bond acceptors (Lipinski definition) is 4. The Bertz CT molecular complexity index is 1180. The van der Waals surface area contributed by atoms with Crippen LogP contribution in [0.3, 0.4) is 0 Å². The molecule has 1 saturated carbocycles. The highest BCUT2D eigenvalue weighted by Gasteiger charge is 2.26. The molecule has 1 aliphatic carbocycles. The maximum Gasteiger partial charge on any atom is 0.258 e. The molecule has 5 rings (SSSR count). The number of H-pyrrole nitrogens is 1. The highest BCUT2D eigenvalue weighted by molar-refractivity contribution is 7.10. The number of rotatable bonds is 5. The average molecular weight is 377 g/mol. The van der Waals surface area contributed by atoms with Crippen LogP contribution < -0.4 is 10.3 Å². The number of aromatic amines is 1. The van der Waals surface area contributed by atoms with Crippen LogP contribution in [0.4, 0.5) is 0 Å². The molecule has 27 heavy (non-hydrogen) atoms. The van der Waals surface area contributed by atoms with E-state index in [1.807, 2.05) is 29.6 Å². The Hall–Kier alpha value is -2.86. The lowest BCUT2D eigenvalue weighted by Gasteiger charge is -2.09. The van der Waals surface area contributed by atoms with Crippen LogP contribution >= 0.6 is 11.3 Å². The maximum atomic E-state index is 12.6. The zero-order valence-electron chi connectivity index (χ0n) is 14.9. The summed E-state index contributed by atoms with van der Waals surface area (Å²) >= 11 is 1.70. The quantitative estimate of drug-likeness (QED) is 0.555. The van der Waals surface area contributed by atoms with Gasteiger partial charge in [0.2, 0.25) is 0 Å². The number of thiophene rings is 1. The Kier molecular flexibility index (Phi) is 3.86. The smallest absolute Gasteiger partial charge is 0.258 e. The third-order valence-corrected chi connectivity index (χ3v) is 5.87. The molecular formula is C21H19N3O2S. The largest absolute Gasteiger partial charge is 0.489 e. The van der Waals surface area contributed by atoms with Gasteiger partial charge in [0, 0.05) is 28.6 Å². The number of nitrogens with zero attached hydrogens (tertiary/aromatic N) is 2. The highest BCUT2D eigenvalue weighted by Crippen LogP contribution is 2.39. The van der Waals surface area contributed by atoms with Crippen LogP contribution in [0.5, 0.6) is 5.75 Å². The van der Waals surface area contributed by atoms with E-state index in [4.69, 9.17) is 4.74 Å². The summed E-state index contributed by atoms with van der Waals surface area (Å²) in [5.74, 6) is 2.22. The van der Waals surface area contributed by atoms with Crippen LogP contribution in [-0.4, -0.2) is 14.5 Å². The molecule has 1 fully saturated rings. The van der Waals surface area contributed by atoms with Crippen molar-refractivity contribution in [3.63, 3.8) is 0 Å². The van der Waals surface area contributed by atoms with Crippen molar-refractivity contribution in [3.05, 3.63) is 74.6 Å². The third kappa shape index (κ3) is 3.17. The number of hydrogen-bond donors (Lipinski definition) is 1. The molecule has 6 heteroatoms. The van der Waals surface area contributed by atoms with E-state index >= 15 is 0 Å². The SMILES string of the molecule is Cc1sccc1COc1ccn(-c2ccc3nc(C4CC4)[nH]c3c2)c(=O)c1. The fourth-order valence-corrected chi connectivity index (χ4v) is 3.92. The van der Waals surface area contributed by atoms with Crippen LogP contribution in [0, 0.1) is 6.92 Å². The number of benzene rings is 1. The van der Waals surface area contributed by atoms with E-state index in [1.165, 1.54) is 23.8 Å². The number of aryl methyl sites for hydroxylation is 1. The Balaban J connectivity index is 1.40. The number of nitrogens with one attached hydrogen (secondary N) is 1. The van der Waals surface area contributed by atoms with Crippen LogP contribution in [0.1, 0.15) is 35.0 Å². The second-order valence-corrected chi connectivity index (χ2v) is 8.08. The molecule has 3 aromatic heterocycles. The number of fused-ring (bicyclic) bond motifs is 1. The molecule has 0 unspecified atom stereocenters. The highest BCUT2D eigenvalue weighted by atomic mass is 32.1. The molecule has 3 heterocycles. The number of aromatic nitrogens is 3. The zero-order chi connectivity index (χ0) is 18.4. The van der Waals surface area contributed by atoms with Crippen molar-refractivity contribution in [2.45, 2.75) is 32.3 Å². The molecule has 0 radical (unpaired) electrons. The molecule has 0 spiro atoms. The topological polar surface area (TPSA) is 59.9 Å². The van der Waals surface area contributed by atoms with Crippen LogP contribution in [-0.2, 0) is 6.61 Å². The standard InChI is InChI=1S/C21H19N3O2S/c1-13-15(7-9-27-13)12-26-17-6-8-24(20(25)11-17)16-4-5-18-19(10-16)23-21(22-18)14-2-3-14/h4-11,14H,2-3,12H2,1H3,(H,22,23). The van der Waals surface area contributed by atoms with Gasteiger partial charge in [-0.05, 0) is 55.5 Å². The molecule has 1 aliphatic rings.